The molecule has 3 heteroatoms. The first-order chi connectivity index (χ1) is 6.18. The molecule has 0 saturated carbocycles. The molecule has 2 aliphatic heterocycles. The molecule has 0 aromatic carbocycles. The van der Waals surface area contributed by atoms with E-state index in [9.17, 15) is 0 Å². The van der Waals surface area contributed by atoms with E-state index in [0.717, 1.165) is 0 Å². The summed E-state index contributed by atoms with van der Waals surface area (Å²) in [6.07, 6.45) is 0. The van der Waals surface area contributed by atoms with Crippen LogP contribution < -0.4 is 5.32 Å². The lowest BCUT2D eigenvalue weighted by atomic mass is 9.83. The Bertz CT molecular complexity index is 169. The first-order valence-electron chi connectivity index (χ1n) is 5.30. The van der Waals surface area contributed by atoms with Gasteiger partial charge in [-0.2, -0.15) is 0 Å². The van der Waals surface area contributed by atoms with Crippen molar-refractivity contribution in [3.63, 3.8) is 0 Å². The summed E-state index contributed by atoms with van der Waals surface area (Å²) in [6, 6.07) is 0. The molecular weight excluding hydrogens is 162 g/mol. The van der Waals surface area contributed by atoms with Gasteiger partial charge in [0.15, 0.2) is 0 Å². The fraction of sp³-hybridized carbons (Fsp3) is 1.00. The minimum Gasteiger partial charge on any atom is -0.315 e. The van der Waals surface area contributed by atoms with Crippen LogP contribution in [0.3, 0.4) is 0 Å². The summed E-state index contributed by atoms with van der Waals surface area (Å²) in [5.74, 6) is 0. The highest BCUT2D eigenvalue weighted by molar-refractivity contribution is 4.91. The van der Waals surface area contributed by atoms with Gasteiger partial charge in [-0.05, 0) is 7.05 Å². The summed E-state index contributed by atoms with van der Waals surface area (Å²) in [5.41, 5.74) is 0.565. The van der Waals surface area contributed by atoms with E-state index in [2.05, 4.69) is 29.1 Å². The van der Waals surface area contributed by atoms with Crippen molar-refractivity contribution in [3.05, 3.63) is 0 Å². The molecule has 0 amide bonds. The molecule has 2 aliphatic rings. The Morgan fingerprint density at radius 1 is 1.15 bits per heavy atom. The van der Waals surface area contributed by atoms with E-state index in [1.54, 1.807) is 0 Å². The summed E-state index contributed by atoms with van der Waals surface area (Å²) in [4.78, 5) is 5.03. The van der Waals surface area contributed by atoms with Crippen molar-refractivity contribution in [1.29, 1.82) is 0 Å². The lowest BCUT2D eigenvalue weighted by Gasteiger charge is -2.44. The van der Waals surface area contributed by atoms with Crippen molar-refractivity contribution < 1.29 is 0 Å². The van der Waals surface area contributed by atoms with Crippen molar-refractivity contribution in [2.24, 2.45) is 5.41 Å². The van der Waals surface area contributed by atoms with Gasteiger partial charge in [0.2, 0.25) is 0 Å². The van der Waals surface area contributed by atoms with Gasteiger partial charge in [0, 0.05) is 51.2 Å². The van der Waals surface area contributed by atoms with Gasteiger partial charge in [-0.25, -0.2) is 0 Å². The fourth-order valence-electron chi connectivity index (χ4n) is 2.21. The zero-order valence-electron chi connectivity index (χ0n) is 8.84. The molecule has 0 spiro atoms. The van der Waals surface area contributed by atoms with Crippen LogP contribution in [0.4, 0.5) is 0 Å². The molecule has 76 valence electrons. The van der Waals surface area contributed by atoms with E-state index in [-0.39, 0.29) is 0 Å². The molecule has 0 bridgehead atoms. The second-order valence-corrected chi connectivity index (χ2v) is 4.99. The number of nitrogens with one attached hydrogen (secondary N) is 1. The average Bonchev–Trinajstić information content (AvgIpc) is 2.06. The van der Waals surface area contributed by atoms with Crippen LogP contribution in [0.25, 0.3) is 0 Å². The Kier molecular flexibility index (Phi) is 2.58. The Morgan fingerprint density at radius 3 is 2.23 bits per heavy atom. The fourth-order valence-corrected chi connectivity index (χ4v) is 2.21. The summed E-state index contributed by atoms with van der Waals surface area (Å²) >= 11 is 0. The van der Waals surface area contributed by atoms with Crippen LogP contribution in [0.5, 0.6) is 0 Å². The molecule has 0 unspecified atom stereocenters. The van der Waals surface area contributed by atoms with Crippen molar-refractivity contribution >= 4 is 0 Å². The predicted octanol–water partition coefficient (Wildman–Crippen LogP) is -0.157. The normalized spacial score (nSPS) is 30.0. The SMILES string of the molecule is CN1CCN(CC2(C)CNC2)CC1. The highest BCUT2D eigenvalue weighted by Gasteiger charge is 2.33. The molecule has 2 rings (SSSR count). The Labute approximate surface area is 81.1 Å². The molecule has 0 aromatic heterocycles. The van der Waals surface area contributed by atoms with E-state index < -0.39 is 0 Å². The first-order valence-corrected chi connectivity index (χ1v) is 5.30. The molecule has 2 saturated heterocycles. The maximum absolute atomic E-state index is 3.36. The van der Waals surface area contributed by atoms with E-state index in [0.29, 0.717) is 5.41 Å². The molecular formula is C10H21N3. The molecule has 3 nitrogen and oxygen atoms in total. The third-order valence-electron chi connectivity index (χ3n) is 3.30. The number of likely N-dealkylation sites (N-methyl/N-ethyl adjacent to an activating group) is 1. The Hall–Kier alpha value is -0.120. The van der Waals surface area contributed by atoms with Crippen molar-refractivity contribution in [2.75, 3.05) is 52.9 Å². The van der Waals surface area contributed by atoms with Crippen LogP contribution in [0.2, 0.25) is 0 Å². The minimum absolute atomic E-state index is 0.565. The highest BCUT2D eigenvalue weighted by Crippen LogP contribution is 2.22. The Morgan fingerprint density at radius 2 is 1.77 bits per heavy atom. The average molecular weight is 183 g/mol. The molecule has 2 heterocycles. The number of hydrogen-bond donors (Lipinski definition) is 1. The highest BCUT2D eigenvalue weighted by atomic mass is 15.3. The third kappa shape index (κ3) is 2.22. The van der Waals surface area contributed by atoms with Crippen molar-refractivity contribution in [3.8, 4) is 0 Å². The minimum atomic E-state index is 0.565. The lowest BCUT2D eigenvalue weighted by molar-refractivity contribution is 0.0729. The van der Waals surface area contributed by atoms with Crippen LogP contribution in [0, 0.1) is 5.41 Å². The number of rotatable bonds is 2. The van der Waals surface area contributed by atoms with Crippen LogP contribution in [0.15, 0.2) is 0 Å². The van der Waals surface area contributed by atoms with E-state index in [1.807, 2.05) is 0 Å². The maximum Gasteiger partial charge on any atom is 0.0110 e. The van der Waals surface area contributed by atoms with Gasteiger partial charge in [-0.15, -0.1) is 0 Å². The maximum atomic E-state index is 3.36. The van der Waals surface area contributed by atoms with Crippen LogP contribution in [-0.2, 0) is 0 Å². The molecule has 0 atom stereocenters. The number of nitrogens with zero attached hydrogens (tertiary/aromatic N) is 2. The second kappa shape index (κ2) is 3.56. The predicted molar refractivity (Wildman–Crippen MR) is 54.9 cm³/mol. The summed E-state index contributed by atoms with van der Waals surface area (Å²) in [7, 11) is 2.21. The van der Waals surface area contributed by atoms with Gasteiger partial charge < -0.3 is 15.1 Å². The summed E-state index contributed by atoms with van der Waals surface area (Å²) in [6.45, 7) is 11.1. The van der Waals surface area contributed by atoms with E-state index in [1.165, 1.54) is 45.8 Å². The van der Waals surface area contributed by atoms with Crippen LogP contribution >= 0.6 is 0 Å². The largest absolute Gasteiger partial charge is 0.315 e. The topological polar surface area (TPSA) is 18.5 Å². The number of piperazine rings is 1. The second-order valence-electron chi connectivity index (χ2n) is 4.99. The van der Waals surface area contributed by atoms with E-state index >= 15 is 0 Å². The molecule has 0 aromatic rings. The molecule has 13 heavy (non-hydrogen) atoms. The van der Waals surface area contributed by atoms with Gasteiger partial charge in [0.25, 0.3) is 0 Å². The van der Waals surface area contributed by atoms with Gasteiger partial charge in [0.05, 0.1) is 0 Å². The molecule has 0 aliphatic carbocycles. The van der Waals surface area contributed by atoms with Gasteiger partial charge in [0.1, 0.15) is 0 Å². The van der Waals surface area contributed by atoms with E-state index in [4.69, 9.17) is 0 Å². The van der Waals surface area contributed by atoms with Gasteiger partial charge in [-0.1, -0.05) is 6.92 Å². The smallest absolute Gasteiger partial charge is 0.0110 e. The third-order valence-corrected chi connectivity index (χ3v) is 3.30. The Balaban J connectivity index is 1.76. The van der Waals surface area contributed by atoms with Gasteiger partial charge in [-0.3, -0.25) is 0 Å². The number of hydrogen-bond acceptors (Lipinski definition) is 3. The van der Waals surface area contributed by atoms with Crippen molar-refractivity contribution in [2.45, 2.75) is 6.92 Å². The lowest BCUT2D eigenvalue weighted by Crippen LogP contribution is -2.59. The zero-order chi connectivity index (χ0) is 9.31. The summed E-state index contributed by atoms with van der Waals surface area (Å²) < 4.78 is 0. The molecule has 2 fully saturated rings. The summed E-state index contributed by atoms with van der Waals surface area (Å²) in [5, 5.41) is 3.36. The van der Waals surface area contributed by atoms with Crippen LogP contribution in [-0.4, -0.2) is 62.7 Å². The monoisotopic (exact) mass is 183 g/mol. The zero-order valence-corrected chi connectivity index (χ0v) is 8.84. The quantitative estimate of drug-likeness (QED) is 0.642. The molecule has 1 N–H and O–H groups in total. The molecule has 0 radical (unpaired) electrons. The van der Waals surface area contributed by atoms with Crippen LogP contribution in [0.1, 0.15) is 6.92 Å². The standard InChI is InChI=1S/C10H21N3/c1-10(7-11-8-10)9-13-5-3-12(2)4-6-13/h11H,3-9H2,1-2H3. The van der Waals surface area contributed by atoms with Crippen molar-refractivity contribution in [1.82, 2.24) is 15.1 Å². The first kappa shape index (κ1) is 9.44. The van der Waals surface area contributed by atoms with Gasteiger partial charge >= 0.3 is 0 Å².